The molecule has 2 saturated carbocycles. The molecule has 2 aliphatic heterocycles. The van der Waals surface area contributed by atoms with E-state index in [9.17, 15) is 0 Å². The molecule has 1 aromatic carbocycles. The van der Waals surface area contributed by atoms with Crippen molar-refractivity contribution in [1.29, 1.82) is 0 Å². The van der Waals surface area contributed by atoms with Crippen molar-refractivity contribution in [2.24, 2.45) is 5.92 Å². The molecule has 0 bridgehead atoms. The molecule has 0 unspecified atom stereocenters. The molecule has 2 heterocycles. The summed E-state index contributed by atoms with van der Waals surface area (Å²) in [7, 11) is 0. The highest BCUT2D eigenvalue weighted by molar-refractivity contribution is 5.20. The highest BCUT2D eigenvalue weighted by atomic mass is 15.3. The van der Waals surface area contributed by atoms with Crippen molar-refractivity contribution in [2.75, 3.05) is 19.6 Å². The largest absolute Gasteiger partial charge is 0.298 e. The Labute approximate surface area is 166 Å². The lowest BCUT2D eigenvalue weighted by Crippen LogP contribution is -2.63. The Hall–Kier alpha value is -0.860. The molecule has 0 radical (unpaired) electrons. The van der Waals surface area contributed by atoms with Gasteiger partial charge in [0.15, 0.2) is 0 Å². The molecule has 5 rings (SSSR count). The van der Waals surface area contributed by atoms with Crippen LogP contribution in [0, 0.1) is 5.92 Å². The summed E-state index contributed by atoms with van der Waals surface area (Å²) < 4.78 is 0. The van der Waals surface area contributed by atoms with Gasteiger partial charge in [0, 0.05) is 31.2 Å². The molecule has 2 nitrogen and oxygen atoms in total. The average molecular weight is 367 g/mol. The fourth-order valence-electron chi connectivity index (χ4n) is 7.08. The molecule has 148 valence electrons. The summed E-state index contributed by atoms with van der Waals surface area (Å²) >= 11 is 0. The second-order valence-electron chi connectivity index (χ2n) is 9.79. The van der Waals surface area contributed by atoms with Crippen molar-refractivity contribution in [3.8, 4) is 0 Å². The van der Waals surface area contributed by atoms with Crippen LogP contribution in [0.3, 0.4) is 0 Å². The van der Waals surface area contributed by atoms with Crippen molar-refractivity contribution in [1.82, 2.24) is 9.80 Å². The van der Waals surface area contributed by atoms with Crippen molar-refractivity contribution < 1.29 is 0 Å². The summed E-state index contributed by atoms with van der Waals surface area (Å²) in [6.45, 7) is 4.06. The molecule has 2 heteroatoms. The molecule has 0 N–H and O–H groups in total. The Morgan fingerprint density at radius 3 is 2.22 bits per heavy atom. The second kappa shape index (κ2) is 8.25. The van der Waals surface area contributed by atoms with Gasteiger partial charge < -0.3 is 0 Å². The molecule has 0 amide bonds. The van der Waals surface area contributed by atoms with Gasteiger partial charge in [0.2, 0.25) is 0 Å². The first-order chi connectivity index (χ1) is 13.4. The van der Waals surface area contributed by atoms with Crippen LogP contribution in [0.1, 0.15) is 82.1 Å². The highest BCUT2D eigenvalue weighted by Crippen LogP contribution is 2.42. The number of hydrogen-bond donors (Lipinski definition) is 0. The van der Waals surface area contributed by atoms with E-state index in [1.807, 2.05) is 0 Å². The topological polar surface area (TPSA) is 6.48 Å². The van der Waals surface area contributed by atoms with Crippen molar-refractivity contribution in [2.45, 2.75) is 94.7 Å². The Balaban J connectivity index is 1.29. The van der Waals surface area contributed by atoms with Gasteiger partial charge in [-0.25, -0.2) is 0 Å². The lowest BCUT2D eigenvalue weighted by molar-refractivity contribution is -0.0336. The smallest absolute Gasteiger partial charge is 0.0283 e. The Morgan fingerprint density at radius 2 is 1.44 bits per heavy atom. The normalized spacial score (nSPS) is 36.6. The SMILES string of the molecule is c1ccc(C2CCC(N3CCN4CCC[C@@H]4[C@@H]3C3CCCCC3)CC2)cc1. The molecular formula is C25H38N2. The molecule has 27 heavy (non-hydrogen) atoms. The summed E-state index contributed by atoms with van der Waals surface area (Å²) in [5, 5.41) is 0. The van der Waals surface area contributed by atoms with E-state index in [1.54, 1.807) is 5.56 Å². The molecule has 2 saturated heterocycles. The van der Waals surface area contributed by atoms with Gasteiger partial charge in [0.1, 0.15) is 0 Å². The number of fused-ring (bicyclic) bond motifs is 1. The van der Waals surface area contributed by atoms with Gasteiger partial charge in [-0.15, -0.1) is 0 Å². The maximum absolute atomic E-state index is 3.06. The lowest BCUT2D eigenvalue weighted by atomic mass is 9.76. The molecule has 0 aromatic heterocycles. The number of rotatable bonds is 3. The lowest BCUT2D eigenvalue weighted by Gasteiger charge is -2.53. The molecule has 4 aliphatic rings. The zero-order valence-corrected chi connectivity index (χ0v) is 17.1. The average Bonchev–Trinajstić information content (AvgIpc) is 3.23. The van der Waals surface area contributed by atoms with Crippen LogP contribution in [0.15, 0.2) is 30.3 Å². The highest BCUT2D eigenvalue weighted by Gasteiger charge is 2.45. The minimum Gasteiger partial charge on any atom is -0.298 e. The van der Waals surface area contributed by atoms with Crippen LogP contribution in [-0.4, -0.2) is 47.6 Å². The maximum atomic E-state index is 3.06. The van der Waals surface area contributed by atoms with Crippen molar-refractivity contribution in [3.63, 3.8) is 0 Å². The number of benzene rings is 1. The Bertz CT molecular complexity index is 586. The van der Waals surface area contributed by atoms with Gasteiger partial charge in [-0.05, 0) is 75.3 Å². The summed E-state index contributed by atoms with van der Waals surface area (Å²) in [5.41, 5.74) is 1.58. The first-order valence-electron chi connectivity index (χ1n) is 11.9. The fourth-order valence-corrected chi connectivity index (χ4v) is 7.08. The van der Waals surface area contributed by atoms with Crippen molar-refractivity contribution in [3.05, 3.63) is 35.9 Å². The predicted octanol–water partition coefficient (Wildman–Crippen LogP) is 5.44. The van der Waals surface area contributed by atoms with Crippen LogP contribution in [0.5, 0.6) is 0 Å². The minimum atomic E-state index is 0.809. The van der Waals surface area contributed by atoms with Gasteiger partial charge in [-0.2, -0.15) is 0 Å². The molecule has 0 spiro atoms. The quantitative estimate of drug-likeness (QED) is 0.702. The van der Waals surface area contributed by atoms with Crippen LogP contribution >= 0.6 is 0 Å². The van der Waals surface area contributed by atoms with E-state index < -0.39 is 0 Å². The van der Waals surface area contributed by atoms with Crippen molar-refractivity contribution >= 4 is 0 Å². The fraction of sp³-hybridized carbons (Fsp3) is 0.760. The molecular weight excluding hydrogens is 328 g/mol. The Kier molecular flexibility index (Phi) is 5.56. The summed E-state index contributed by atoms with van der Waals surface area (Å²) in [5.74, 6) is 1.79. The van der Waals surface area contributed by atoms with E-state index in [0.717, 1.165) is 30.0 Å². The van der Waals surface area contributed by atoms with Crippen LogP contribution in [-0.2, 0) is 0 Å². The van der Waals surface area contributed by atoms with E-state index in [4.69, 9.17) is 0 Å². The first-order valence-corrected chi connectivity index (χ1v) is 11.9. The molecule has 1 aromatic rings. The van der Waals surface area contributed by atoms with Crippen LogP contribution in [0.25, 0.3) is 0 Å². The van der Waals surface area contributed by atoms with Gasteiger partial charge in [0.25, 0.3) is 0 Å². The predicted molar refractivity (Wildman–Crippen MR) is 113 cm³/mol. The second-order valence-corrected chi connectivity index (χ2v) is 9.79. The van der Waals surface area contributed by atoms with E-state index in [2.05, 4.69) is 40.1 Å². The Morgan fingerprint density at radius 1 is 0.667 bits per heavy atom. The molecule has 2 aliphatic carbocycles. The summed E-state index contributed by atoms with van der Waals surface area (Å²) in [6, 6.07) is 13.9. The maximum Gasteiger partial charge on any atom is 0.0283 e. The first kappa shape index (κ1) is 18.2. The number of piperazine rings is 1. The zero-order valence-electron chi connectivity index (χ0n) is 17.1. The van der Waals surface area contributed by atoms with Crippen LogP contribution in [0.4, 0.5) is 0 Å². The minimum absolute atomic E-state index is 0.809. The third kappa shape index (κ3) is 3.72. The molecule has 4 fully saturated rings. The van der Waals surface area contributed by atoms with Gasteiger partial charge in [0.05, 0.1) is 0 Å². The standard InChI is InChI=1S/C25H38N2/c1-3-8-20(9-4-1)21-13-15-23(16-14-21)27-19-18-26-17-7-12-24(26)25(27)22-10-5-2-6-11-22/h1,3-4,8-9,21-25H,2,5-7,10-19H2/t21?,23?,24-,25+/m1/s1. The van der Waals surface area contributed by atoms with E-state index >= 15 is 0 Å². The van der Waals surface area contributed by atoms with Gasteiger partial charge >= 0.3 is 0 Å². The number of nitrogens with zero attached hydrogens (tertiary/aromatic N) is 2. The zero-order chi connectivity index (χ0) is 18.1. The van der Waals surface area contributed by atoms with E-state index in [1.165, 1.54) is 90.3 Å². The van der Waals surface area contributed by atoms with Gasteiger partial charge in [-0.3, -0.25) is 9.80 Å². The summed E-state index contributed by atoms with van der Waals surface area (Å²) in [4.78, 5) is 5.93. The number of hydrogen-bond acceptors (Lipinski definition) is 2. The van der Waals surface area contributed by atoms with Crippen LogP contribution in [0.2, 0.25) is 0 Å². The van der Waals surface area contributed by atoms with Crippen LogP contribution < -0.4 is 0 Å². The van der Waals surface area contributed by atoms with Gasteiger partial charge in [-0.1, -0.05) is 49.6 Å². The van der Waals surface area contributed by atoms with E-state index in [0.29, 0.717) is 0 Å². The molecule has 2 atom stereocenters. The third-order valence-electron chi connectivity index (χ3n) is 8.41. The van der Waals surface area contributed by atoms with E-state index in [-0.39, 0.29) is 0 Å². The third-order valence-corrected chi connectivity index (χ3v) is 8.41. The monoisotopic (exact) mass is 366 g/mol. The summed E-state index contributed by atoms with van der Waals surface area (Å²) in [6.07, 6.45) is 16.0.